The van der Waals surface area contributed by atoms with E-state index in [2.05, 4.69) is 14.9 Å². The van der Waals surface area contributed by atoms with Crippen molar-refractivity contribution < 1.29 is 12.9 Å². The van der Waals surface area contributed by atoms with Crippen LogP contribution in [0.3, 0.4) is 0 Å². The van der Waals surface area contributed by atoms with Crippen molar-refractivity contribution in [1.82, 2.24) is 14.9 Å². The summed E-state index contributed by atoms with van der Waals surface area (Å²) in [6.45, 7) is 3.92. The molecule has 19 heavy (non-hydrogen) atoms. The topological polar surface area (TPSA) is 114 Å². The maximum Gasteiger partial charge on any atom is 0.242 e. The third kappa shape index (κ3) is 2.86. The molecule has 0 saturated carbocycles. The second kappa shape index (κ2) is 5.16. The summed E-state index contributed by atoms with van der Waals surface area (Å²) >= 11 is 0. The Hall–Kier alpha value is -1.64. The fourth-order valence-electron chi connectivity index (χ4n) is 1.70. The summed E-state index contributed by atoms with van der Waals surface area (Å²) in [5.41, 5.74) is 7.52. The van der Waals surface area contributed by atoms with Gasteiger partial charge in [-0.1, -0.05) is 5.16 Å². The fraction of sp³-hybridized carbons (Fsp3) is 0.364. The number of sulfonamides is 1. The quantitative estimate of drug-likeness (QED) is 0.742. The molecule has 0 amide bonds. The van der Waals surface area contributed by atoms with Crippen LogP contribution >= 0.6 is 0 Å². The van der Waals surface area contributed by atoms with E-state index in [1.54, 1.807) is 13.8 Å². The van der Waals surface area contributed by atoms with Gasteiger partial charge in [0.15, 0.2) is 0 Å². The van der Waals surface area contributed by atoms with E-state index < -0.39 is 10.0 Å². The lowest BCUT2D eigenvalue weighted by Gasteiger charge is -2.04. The number of aryl methyl sites for hydroxylation is 2. The van der Waals surface area contributed by atoms with Crippen molar-refractivity contribution in [3.05, 3.63) is 35.0 Å². The van der Waals surface area contributed by atoms with Crippen molar-refractivity contribution in [2.45, 2.75) is 31.8 Å². The molecule has 0 aromatic carbocycles. The van der Waals surface area contributed by atoms with Crippen molar-refractivity contribution in [2.24, 2.45) is 5.73 Å². The average Bonchev–Trinajstić information content (AvgIpc) is 2.96. The smallest absolute Gasteiger partial charge is 0.242 e. The molecule has 7 nitrogen and oxygen atoms in total. The van der Waals surface area contributed by atoms with E-state index in [-0.39, 0.29) is 18.0 Å². The third-order valence-electron chi connectivity index (χ3n) is 2.87. The third-order valence-corrected chi connectivity index (χ3v) is 4.25. The van der Waals surface area contributed by atoms with Crippen molar-refractivity contribution >= 4 is 10.0 Å². The Morgan fingerprint density at radius 3 is 2.74 bits per heavy atom. The first-order chi connectivity index (χ1) is 8.94. The van der Waals surface area contributed by atoms with Crippen LogP contribution in [0.1, 0.15) is 22.7 Å². The van der Waals surface area contributed by atoms with Crippen LogP contribution in [0.5, 0.6) is 0 Å². The number of H-pyrrole nitrogens is 1. The van der Waals surface area contributed by atoms with Gasteiger partial charge in [0.1, 0.15) is 5.76 Å². The molecule has 0 fully saturated rings. The second-order valence-corrected chi connectivity index (χ2v) is 5.96. The molecule has 0 aliphatic carbocycles. The second-order valence-electron chi connectivity index (χ2n) is 4.19. The predicted molar refractivity (Wildman–Crippen MR) is 68.7 cm³/mol. The van der Waals surface area contributed by atoms with Crippen LogP contribution in [-0.4, -0.2) is 18.6 Å². The van der Waals surface area contributed by atoms with Gasteiger partial charge in [-0.15, -0.1) is 0 Å². The minimum absolute atomic E-state index is 0.145. The van der Waals surface area contributed by atoms with Crippen LogP contribution in [0.25, 0.3) is 0 Å². The van der Waals surface area contributed by atoms with E-state index in [9.17, 15) is 8.42 Å². The Kier molecular flexibility index (Phi) is 3.74. The Morgan fingerprint density at radius 1 is 1.47 bits per heavy atom. The van der Waals surface area contributed by atoms with Gasteiger partial charge in [0, 0.05) is 30.5 Å². The summed E-state index contributed by atoms with van der Waals surface area (Å²) < 4.78 is 31.6. The zero-order valence-electron chi connectivity index (χ0n) is 10.7. The maximum atomic E-state index is 12.1. The molecule has 2 aromatic rings. The minimum atomic E-state index is -3.57. The molecular weight excluding hydrogens is 268 g/mol. The Morgan fingerprint density at radius 2 is 2.21 bits per heavy atom. The molecule has 0 aliphatic rings. The van der Waals surface area contributed by atoms with Crippen molar-refractivity contribution in [3.8, 4) is 0 Å². The first-order valence-corrected chi connectivity index (χ1v) is 7.21. The highest BCUT2D eigenvalue weighted by Crippen LogP contribution is 2.14. The van der Waals surface area contributed by atoms with Crippen molar-refractivity contribution in [2.75, 3.05) is 0 Å². The van der Waals surface area contributed by atoms with Crippen LogP contribution in [0.4, 0.5) is 0 Å². The molecule has 0 radical (unpaired) electrons. The lowest BCUT2D eigenvalue weighted by Crippen LogP contribution is -2.23. The van der Waals surface area contributed by atoms with Gasteiger partial charge in [0.25, 0.3) is 0 Å². The molecule has 2 rings (SSSR count). The van der Waals surface area contributed by atoms with Crippen LogP contribution < -0.4 is 10.5 Å². The number of hydrogen-bond donors (Lipinski definition) is 3. The number of nitrogens with zero attached hydrogens (tertiary/aromatic N) is 1. The number of rotatable bonds is 5. The Balaban J connectivity index is 2.14. The normalized spacial score (nSPS) is 11.9. The summed E-state index contributed by atoms with van der Waals surface area (Å²) in [4.78, 5) is 2.97. The first kappa shape index (κ1) is 13.8. The summed E-state index contributed by atoms with van der Waals surface area (Å²) in [5.74, 6) is 0.608. The van der Waals surface area contributed by atoms with Crippen LogP contribution in [0.15, 0.2) is 21.7 Å². The lowest BCUT2D eigenvalue weighted by atomic mass is 10.2. The van der Waals surface area contributed by atoms with Gasteiger partial charge in [-0.25, -0.2) is 13.1 Å². The highest BCUT2D eigenvalue weighted by molar-refractivity contribution is 7.89. The van der Waals surface area contributed by atoms with E-state index in [1.165, 1.54) is 12.3 Å². The largest absolute Gasteiger partial charge is 0.363 e. The number of aromatic nitrogens is 2. The summed E-state index contributed by atoms with van der Waals surface area (Å²) in [7, 11) is -3.57. The van der Waals surface area contributed by atoms with E-state index in [1.807, 2.05) is 0 Å². The highest BCUT2D eigenvalue weighted by Gasteiger charge is 2.18. The van der Waals surface area contributed by atoms with Gasteiger partial charge in [-0.05, 0) is 19.9 Å². The average molecular weight is 284 g/mol. The van der Waals surface area contributed by atoms with Crippen LogP contribution in [0.2, 0.25) is 0 Å². The molecule has 0 unspecified atom stereocenters. The van der Waals surface area contributed by atoms with Gasteiger partial charge in [-0.2, -0.15) is 0 Å². The monoisotopic (exact) mass is 284 g/mol. The number of nitrogens with one attached hydrogen (secondary N) is 2. The predicted octanol–water partition coefficient (Wildman–Crippen LogP) is 0.557. The molecule has 2 aromatic heterocycles. The minimum Gasteiger partial charge on any atom is -0.363 e. The zero-order chi connectivity index (χ0) is 14.0. The van der Waals surface area contributed by atoms with E-state index >= 15 is 0 Å². The molecule has 0 saturated heterocycles. The van der Waals surface area contributed by atoms with Gasteiger partial charge in [0.2, 0.25) is 10.0 Å². The lowest BCUT2D eigenvalue weighted by molar-refractivity contribution is 0.392. The molecule has 4 N–H and O–H groups in total. The molecule has 0 bridgehead atoms. The molecule has 8 heteroatoms. The highest BCUT2D eigenvalue weighted by atomic mass is 32.2. The van der Waals surface area contributed by atoms with Gasteiger partial charge in [0.05, 0.1) is 10.6 Å². The summed E-state index contributed by atoms with van der Waals surface area (Å²) in [5, 5.41) is 3.77. The number of hydrogen-bond acceptors (Lipinski definition) is 5. The molecule has 2 heterocycles. The van der Waals surface area contributed by atoms with Crippen molar-refractivity contribution in [1.29, 1.82) is 0 Å². The zero-order valence-corrected chi connectivity index (χ0v) is 11.5. The van der Waals surface area contributed by atoms with E-state index in [4.69, 9.17) is 10.3 Å². The Bertz CT molecular complexity index is 652. The van der Waals surface area contributed by atoms with Gasteiger partial charge >= 0.3 is 0 Å². The molecular formula is C11H16N4O3S. The molecule has 0 spiro atoms. The fourth-order valence-corrected chi connectivity index (χ4v) is 2.71. The van der Waals surface area contributed by atoms with E-state index in [0.29, 0.717) is 17.1 Å². The molecule has 104 valence electrons. The molecule has 0 aliphatic heterocycles. The summed E-state index contributed by atoms with van der Waals surface area (Å²) in [6, 6.07) is 1.51. The molecule has 0 atom stereocenters. The first-order valence-electron chi connectivity index (χ1n) is 5.73. The van der Waals surface area contributed by atoms with Gasteiger partial charge in [-0.3, -0.25) is 0 Å². The maximum absolute atomic E-state index is 12.1. The standard InChI is InChI=1S/C11H16N4O3S/c1-7-11(8(2)18-15-7)6-14-19(16,17)10-3-9(4-12)13-5-10/h3,5,13-14H,4,6,12H2,1-2H3. The van der Waals surface area contributed by atoms with Crippen LogP contribution in [0, 0.1) is 13.8 Å². The van der Waals surface area contributed by atoms with E-state index in [0.717, 1.165) is 5.56 Å². The number of aromatic amines is 1. The van der Waals surface area contributed by atoms with Crippen LogP contribution in [-0.2, 0) is 23.1 Å². The SMILES string of the molecule is Cc1noc(C)c1CNS(=O)(=O)c1c[nH]c(CN)c1. The summed E-state index contributed by atoms with van der Waals surface area (Å²) in [6.07, 6.45) is 1.41. The number of nitrogens with two attached hydrogens (primary N) is 1. The van der Waals surface area contributed by atoms with Gasteiger partial charge < -0.3 is 15.2 Å². The Labute approximate surface area is 111 Å². The van der Waals surface area contributed by atoms with Crippen molar-refractivity contribution in [3.63, 3.8) is 0 Å².